The monoisotopic (exact) mass is 236 g/mol. The fourth-order valence-electron chi connectivity index (χ4n) is 2.25. The molecule has 0 aliphatic carbocycles. The van der Waals surface area contributed by atoms with Crippen LogP contribution in [0.1, 0.15) is 18.1 Å². The van der Waals surface area contributed by atoms with Gasteiger partial charge in [0.25, 0.3) is 0 Å². The lowest BCUT2D eigenvalue weighted by molar-refractivity contribution is 0.697. The first kappa shape index (κ1) is 11.8. The average molecular weight is 236 g/mol. The molecule has 3 heteroatoms. The van der Waals surface area contributed by atoms with Gasteiger partial charge in [-0.1, -0.05) is 12.1 Å². The molecule has 0 spiro atoms. The normalized spacial score (nSPS) is 21.2. The largest absolute Gasteiger partial charge is 0.367 e. The fraction of sp³-hybridized carbons (Fsp3) is 0.538. The van der Waals surface area contributed by atoms with Crippen molar-refractivity contribution in [2.45, 2.75) is 26.4 Å². The minimum Gasteiger partial charge on any atom is -0.367 e. The van der Waals surface area contributed by atoms with Crippen LogP contribution in [0, 0.1) is 6.92 Å². The van der Waals surface area contributed by atoms with E-state index in [0.717, 1.165) is 6.54 Å². The molecule has 1 aromatic rings. The molecule has 1 saturated heterocycles. The average Bonchev–Trinajstić information content (AvgIpc) is 2.30. The van der Waals surface area contributed by atoms with Crippen LogP contribution in [0.4, 0.5) is 5.69 Å². The van der Waals surface area contributed by atoms with Crippen LogP contribution in [0.25, 0.3) is 0 Å². The Morgan fingerprint density at radius 3 is 2.94 bits per heavy atom. The van der Waals surface area contributed by atoms with Crippen molar-refractivity contribution in [1.82, 2.24) is 0 Å². The molecule has 1 aliphatic rings. The number of thioether (sulfide) groups is 1. The Labute approximate surface area is 102 Å². The summed E-state index contributed by atoms with van der Waals surface area (Å²) >= 11 is 2.05. The van der Waals surface area contributed by atoms with Crippen molar-refractivity contribution in [3.05, 3.63) is 29.3 Å². The molecule has 88 valence electrons. The van der Waals surface area contributed by atoms with Gasteiger partial charge in [0, 0.05) is 36.3 Å². The molecule has 0 bridgehead atoms. The molecule has 1 fully saturated rings. The van der Waals surface area contributed by atoms with E-state index < -0.39 is 0 Å². The lowest BCUT2D eigenvalue weighted by Crippen LogP contribution is -2.40. The van der Waals surface area contributed by atoms with Crippen molar-refractivity contribution in [3.63, 3.8) is 0 Å². The van der Waals surface area contributed by atoms with Gasteiger partial charge in [-0.25, -0.2) is 0 Å². The van der Waals surface area contributed by atoms with Gasteiger partial charge in [0.1, 0.15) is 0 Å². The highest BCUT2D eigenvalue weighted by molar-refractivity contribution is 7.99. The summed E-state index contributed by atoms with van der Waals surface area (Å²) in [6, 6.07) is 7.23. The van der Waals surface area contributed by atoms with E-state index in [9.17, 15) is 0 Å². The van der Waals surface area contributed by atoms with E-state index in [1.165, 1.54) is 28.3 Å². The molecule has 0 saturated carbocycles. The van der Waals surface area contributed by atoms with Gasteiger partial charge >= 0.3 is 0 Å². The minimum atomic E-state index is 0.631. The van der Waals surface area contributed by atoms with E-state index in [2.05, 4.69) is 48.7 Å². The number of benzene rings is 1. The van der Waals surface area contributed by atoms with E-state index >= 15 is 0 Å². The summed E-state index contributed by atoms with van der Waals surface area (Å²) in [4.78, 5) is 2.52. The maximum Gasteiger partial charge on any atom is 0.0399 e. The van der Waals surface area contributed by atoms with Gasteiger partial charge in [0.15, 0.2) is 0 Å². The number of aryl methyl sites for hydroxylation is 1. The van der Waals surface area contributed by atoms with Crippen molar-refractivity contribution < 1.29 is 0 Å². The molecule has 16 heavy (non-hydrogen) atoms. The number of rotatable bonds is 2. The topological polar surface area (TPSA) is 29.3 Å². The maximum absolute atomic E-state index is 5.66. The highest BCUT2D eigenvalue weighted by Gasteiger charge is 2.19. The molecule has 0 amide bonds. The quantitative estimate of drug-likeness (QED) is 0.855. The molecular weight excluding hydrogens is 216 g/mol. The third kappa shape index (κ3) is 2.36. The number of hydrogen-bond donors (Lipinski definition) is 1. The zero-order valence-electron chi connectivity index (χ0n) is 10.1. The van der Waals surface area contributed by atoms with Crippen molar-refractivity contribution in [1.29, 1.82) is 0 Å². The van der Waals surface area contributed by atoms with E-state index in [-0.39, 0.29) is 0 Å². The van der Waals surface area contributed by atoms with Crippen molar-refractivity contribution in [2.24, 2.45) is 5.73 Å². The molecule has 1 aliphatic heterocycles. The first-order chi connectivity index (χ1) is 7.72. The number of nitrogens with two attached hydrogens (primary N) is 1. The Kier molecular flexibility index (Phi) is 3.77. The van der Waals surface area contributed by atoms with Crippen molar-refractivity contribution >= 4 is 17.4 Å². The summed E-state index contributed by atoms with van der Waals surface area (Å²) in [5.74, 6) is 2.47. The highest BCUT2D eigenvalue weighted by Crippen LogP contribution is 2.27. The molecule has 1 heterocycles. The zero-order chi connectivity index (χ0) is 11.5. The van der Waals surface area contributed by atoms with Crippen molar-refractivity contribution in [2.75, 3.05) is 23.0 Å². The predicted molar refractivity (Wildman–Crippen MR) is 73.2 cm³/mol. The molecule has 1 unspecified atom stereocenters. The smallest absolute Gasteiger partial charge is 0.0399 e. The second kappa shape index (κ2) is 5.11. The van der Waals surface area contributed by atoms with Crippen LogP contribution in [0.15, 0.2) is 18.2 Å². The Balaban J connectivity index is 2.25. The second-order valence-electron chi connectivity index (χ2n) is 4.44. The molecule has 1 atom stereocenters. The van der Waals surface area contributed by atoms with Gasteiger partial charge in [0.2, 0.25) is 0 Å². The molecule has 2 nitrogen and oxygen atoms in total. The Morgan fingerprint density at radius 1 is 1.50 bits per heavy atom. The van der Waals surface area contributed by atoms with Gasteiger partial charge in [0.05, 0.1) is 0 Å². The SMILES string of the molecule is Cc1cc(CN)ccc1N1CCSCC1C. The Bertz CT molecular complexity index is 365. The first-order valence-corrected chi connectivity index (χ1v) is 7.02. The molecule has 1 aromatic carbocycles. The van der Waals surface area contributed by atoms with Crippen LogP contribution in [-0.4, -0.2) is 24.1 Å². The summed E-state index contributed by atoms with van der Waals surface area (Å²) in [5.41, 5.74) is 9.61. The van der Waals surface area contributed by atoms with Crippen LogP contribution < -0.4 is 10.6 Å². The van der Waals surface area contributed by atoms with Crippen LogP contribution in [0.3, 0.4) is 0 Å². The summed E-state index contributed by atoms with van der Waals surface area (Å²) in [6.07, 6.45) is 0. The number of anilines is 1. The van der Waals surface area contributed by atoms with Gasteiger partial charge in [-0.15, -0.1) is 0 Å². The van der Waals surface area contributed by atoms with Crippen LogP contribution in [0.5, 0.6) is 0 Å². The molecule has 2 rings (SSSR count). The third-order valence-electron chi connectivity index (χ3n) is 3.17. The number of nitrogens with zero attached hydrogens (tertiary/aromatic N) is 1. The van der Waals surface area contributed by atoms with E-state index in [4.69, 9.17) is 5.73 Å². The first-order valence-electron chi connectivity index (χ1n) is 5.86. The van der Waals surface area contributed by atoms with Crippen LogP contribution >= 0.6 is 11.8 Å². The molecule has 0 radical (unpaired) electrons. The Hall–Kier alpha value is -0.670. The lowest BCUT2D eigenvalue weighted by Gasteiger charge is -2.36. The predicted octanol–water partition coefficient (Wildman–Crippen LogP) is 2.40. The van der Waals surface area contributed by atoms with E-state index in [1.54, 1.807) is 0 Å². The zero-order valence-corrected chi connectivity index (χ0v) is 10.9. The maximum atomic E-state index is 5.66. The molecule has 2 N–H and O–H groups in total. The van der Waals surface area contributed by atoms with Gasteiger partial charge in [-0.3, -0.25) is 0 Å². The van der Waals surface area contributed by atoms with E-state index in [0.29, 0.717) is 12.6 Å². The fourth-order valence-corrected chi connectivity index (χ4v) is 3.27. The summed E-state index contributed by atoms with van der Waals surface area (Å²) in [5, 5.41) is 0. The standard InChI is InChI=1S/C13H20N2S/c1-10-7-12(8-14)3-4-13(10)15-5-6-16-9-11(15)2/h3-4,7,11H,5-6,8-9,14H2,1-2H3. The molecule has 0 aromatic heterocycles. The van der Waals surface area contributed by atoms with Gasteiger partial charge < -0.3 is 10.6 Å². The van der Waals surface area contributed by atoms with Crippen molar-refractivity contribution in [3.8, 4) is 0 Å². The highest BCUT2D eigenvalue weighted by atomic mass is 32.2. The van der Waals surface area contributed by atoms with Gasteiger partial charge in [-0.2, -0.15) is 11.8 Å². The van der Waals surface area contributed by atoms with Crippen LogP contribution in [0.2, 0.25) is 0 Å². The van der Waals surface area contributed by atoms with E-state index in [1.807, 2.05) is 0 Å². The summed E-state index contributed by atoms with van der Waals surface area (Å²) < 4.78 is 0. The molecular formula is C13H20N2S. The lowest BCUT2D eigenvalue weighted by atomic mass is 10.1. The minimum absolute atomic E-state index is 0.631. The van der Waals surface area contributed by atoms with Crippen LogP contribution in [-0.2, 0) is 6.54 Å². The second-order valence-corrected chi connectivity index (χ2v) is 5.59. The third-order valence-corrected chi connectivity index (χ3v) is 4.36. The summed E-state index contributed by atoms with van der Waals surface area (Å²) in [7, 11) is 0. The Morgan fingerprint density at radius 2 is 2.31 bits per heavy atom. The summed E-state index contributed by atoms with van der Waals surface area (Å²) in [6.45, 7) is 6.28. The van der Waals surface area contributed by atoms with Gasteiger partial charge in [-0.05, 0) is 31.0 Å². The number of hydrogen-bond acceptors (Lipinski definition) is 3.